The zero-order chi connectivity index (χ0) is 25.6. The van der Waals surface area contributed by atoms with Gasteiger partial charge in [-0.05, 0) is 53.6 Å². The Morgan fingerprint density at radius 2 is 1.65 bits per heavy atom. The van der Waals surface area contributed by atoms with Gasteiger partial charge in [-0.3, -0.25) is 9.78 Å². The smallest absolute Gasteiger partial charge is 0.271 e. The molecule has 0 N–H and O–H groups in total. The van der Waals surface area contributed by atoms with Crippen molar-refractivity contribution in [3.05, 3.63) is 108 Å². The summed E-state index contributed by atoms with van der Waals surface area (Å²) in [5.74, 6) is -0.788. The molecule has 5 aromatic rings. The molecular weight excluding hydrogens is 478 g/mol. The molecular formula is C27H20F2N6O2. The van der Waals surface area contributed by atoms with Gasteiger partial charge in [0.05, 0.1) is 18.1 Å². The van der Waals surface area contributed by atoms with Crippen molar-refractivity contribution in [2.24, 2.45) is 0 Å². The topological polar surface area (TPSA) is 84.3 Å². The van der Waals surface area contributed by atoms with Gasteiger partial charge in [-0.2, -0.15) is 0 Å². The van der Waals surface area contributed by atoms with E-state index in [1.807, 2.05) is 36.4 Å². The van der Waals surface area contributed by atoms with Gasteiger partial charge in [0.25, 0.3) is 11.9 Å². The molecule has 0 aliphatic heterocycles. The number of ether oxygens (including phenoxy) is 1. The van der Waals surface area contributed by atoms with Crippen LogP contribution in [0.25, 0.3) is 22.2 Å². The summed E-state index contributed by atoms with van der Waals surface area (Å²) in [5, 5.41) is 8.65. The number of pyridine rings is 1. The first-order valence-corrected chi connectivity index (χ1v) is 11.3. The summed E-state index contributed by atoms with van der Waals surface area (Å²) in [5.41, 5.74) is 2.02. The molecule has 5 rings (SSSR count). The molecule has 8 nitrogen and oxygen atoms in total. The molecule has 0 fully saturated rings. The highest BCUT2D eigenvalue weighted by Gasteiger charge is 2.27. The van der Waals surface area contributed by atoms with Crippen molar-refractivity contribution < 1.29 is 18.5 Å². The zero-order valence-electron chi connectivity index (χ0n) is 19.4. The number of hydrogen-bond donors (Lipinski definition) is 0. The average molecular weight is 498 g/mol. The number of amides is 1. The lowest BCUT2D eigenvalue weighted by atomic mass is 10.1. The first-order valence-electron chi connectivity index (χ1n) is 11.3. The minimum atomic E-state index is -1.35. The van der Waals surface area contributed by atoms with Crippen molar-refractivity contribution >= 4 is 22.8 Å². The molecule has 1 amide bonds. The van der Waals surface area contributed by atoms with Crippen LogP contribution in [0.4, 0.5) is 14.9 Å². The minimum absolute atomic E-state index is 0.0880. The highest BCUT2D eigenvalue weighted by molar-refractivity contribution is 5.92. The van der Waals surface area contributed by atoms with E-state index in [1.165, 1.54) is 6.20 Å². The third kappa shape index (κ3) is 5.71. The van der Waals surface area contributed by atoms with E-state index >= 15 is 0 Å². The molecule has 0 radical (unpaired) electrons. The predicted molar refractivity (Wildman–Crippen MR) is 133 cm³/mol. The van der Waals surface area contributed by atoms with Gasteiger partial charge in [0, 0.05) is 17.1 Å². The highest BCUT2D eigenvalue weighted by atomic mass is 19.4. The standard InChI is InChI=1S/C27H20F2N6O2/c28-35(29)34(26(36)16-20-8-13-24-22(15-20)7-4-14-30-24)27-31-17-25(32-33-27)21-9-11-23(12-10-21)37-18-19-5-2-1-3-6-19/h1-15,17H,16,18H2. The van der Waals surface area contributed by atoms with Crippen molar-refractivity contribution in [1.82, 2.24) is 25.6 Å². The molecule has 3 aromatic carbocycles. The second-order valence-electron chi connectivity index (χ2n) is 8.07. The Bertz CT molecular complexity index is 1500. The molecule has 0 bridgehead atoms. The Balaban J connectivity index is 1.27. The normalized spacial score (nSPS) is 11.0. The maximum atomic E-state index is 13.7. The number of carbonyl (C=O) groups is 1. The lowest BCUT2D eigenvalue weighted by molar-refractivity contribution is -0.174. The highest BCUT2D eigenvalue weighted by Crippen LogP contribution is 2.22. The Labute approximate surface area is 210 Å². The second-order valence-corrected chi connectivity index (χ2v) is 8.07. The Kier molecular flexibility index (Phi) is 7.00. The summed E-state index contributed by atoms with van der Waals surface area (Å²) in [6, 6.07) is 25.6. The summed E-state index contributed by atoms with van der Waals surface area (Å²) in [7, 11) is 0. The lowest BCUT2D eigenvalue weighted by Crippen LogP contribution is -2.40. The zero-order valence-corrected chi connectivity index (χ0v) is 19.4. The van der Waals surface area contributed by atoms with Crippen LogP contribution in [-0.4, -0.2) is 31.5 Å². The Morgan fingerprint density at radius 1 is 0.838 bits per heavy atom. The molecule has 10 heteroatoms. The van der Waals surface area contributed by atoms with Crippen LogP contribution in [0.1, 0.15) is 11.1 Å². The molecule has 184 valence electrons. The number of fused-ring (bicyclic) bond motifs is 1. The van der Waals surface area contributed by atoms with Crippen molar-refractivity contribution in [2.45, 2.75) is 13.0 Å². The van der Waals surface area contributed by atoms with Gasteiger partial charge in [0.2, 0.25) is 0 Å². The molecule has 0 aliphatic rings. The first-order chi connectivity index (χ1) is 18.1. The van der Waals surface area contributed by atoms with Crippen molar-refractivity contribution in [3.63, 3.8) is 0 Å². The van der Waals surface area contributed by atoms with E-state index in [0.717, 1.165) is 16.5 Å². The maximum Gasteiger partial charge on any atom is 0.271 e. The van der Waals surface area contributed by atoms with E-state index in [4.69, 9.17) is 4.74 Å². The first kappa shape index (κ1) is 23.9. The summed E-state index contributed by atoms with van der Waals surface area (Å²) < 4.78 is 33.1. The van der Waals surface area contributed by atoms with Gasteiger partial charge in [-0.15, -0.1) is 15.2 Å². The van der Waals surface area contributed by atoms with E-state index in [0.29, 0.717) is 29.2 Å². The van der Waals surface area contributed by atoms with Crippen LogP contribution in [0.15, 0.2) is 97.3 Å². The third-order valence-corrected chi connectivity index (χ3v) is 5.55. The van der Waals surface area contributed by atoms with Crippen LogP contribution < -0.4 is 9.75 Å². The van der Waals surface area contributed by atoms with Crippen molar-refractivity contribution in [1.29, 1.82) is 0 Å². The molecule has 0 aliphatic carbocycles. The number of halogens is 2. The maximum absolute atomic E-state index is 13.7. The van der Waals surface area contributed by atoms with Crippen LogP contribution in [0.3, 0.4) is 0 Å². The van der Waals surface area contributed by atoms with E-state index in [2.05, 4.69) is 20.2 Å². The predicted octanol–water partition coefficient (Wildman–Crippen LogP) is 5.23. The number of rotatable bonds is 8. The van der Waals surface area contributed by atoms with Gasteiger partial charge >= 0.3 is 0 Å². The van der Waals surface area contributed by atoms with Gasteiger partial charge in [-0.1, -0.05) is 51.4 Å². The summed E-state index contributed by atoms with van der Waals surface area (Å²) >= 11 is 0. The van der Waals surface area contributed by atoms with Crippen LogP contribution >= 0.6 is 0 Å². The van der Waals surface area contributed by atoms with Gasteiger partial charge in [-0.25, -0.2) is 4.98 Å². The Morgan fingerprint density at radius 3 is 2.38 bits per heavy atom. The second kappa shape index (κ2) is 10.8. The van der Waals surface area contributed by atoms with Gasteiger partial charge < -0.3 is 4.74 Å². The van der Waals surface area contributed by atoms with Gasteiger partial charge in [0.1, 0.15) is 23.5 Å². The fraction of sp³-hybridized carbons (Fsp3) is 0.0741. The number of hydrazine groups is 1. The van der Waals surface area contributed by atoms with Crippen LogP contribution in [0.2, 0.25) is 0 Å². The molecule has 37 heavy (non-hydrogen) atoms. The lowest BCUT2D eigenvalue weighted by Gasteiger charge is -2.18. The van der Waals surface area contributed by atoms with E-state index in [9.17, 15) is 13.8 Å². The average Bonchev–Trinajstić information content (AvgIpc) is 2.93. The van der Waals surface area contributed by atoms with E-state index in [-0.39, 0.29) is 11.4 Å². The molecule has 0 saturated carbocycles. The molecule has 0 spiro atoms. The minimum Gasteiger partial charge on any atom is -0.489 e. The summed E-state index contributed by atoms with van der Waals surface area (Å²) in [6.45, 7) is 0.430. The van der Waals surface area contributed by atoms with E-state index in [1.54, 1.807) is 54.7 Å². The number of benzene rings is 3. The van der Waals surface area contributed by atoms with E-state index < -0.39 is 17.3 Å². The third-order valence-electron chi connectivity index (χ3n) is 5.55. The van der Waals surface area contributed by atoms with Crippen LogP contribution in [0, 0.1) is 0 Å². The monoisotopic (exact) mass is 498 g/mol. The number of anilines is 1. The van der Waals surface area contributed by atoms with Crippen LogP contribution in [-0.2, 0) is 17.8 Å². The fourth-order valence-electron chi connectivity index (χ4n) is 3.71. The largest absolute Gasteiger partial charge is 0.489 e. The van der Waals surface area contributed by atoms with Gasteiger partial charge in [0.15, 0.2) is 0 Å². The van der Waals surface area contributed by atoms with Crippen molar-refractivity contribution in [3.8, 4) is 17.0 Å². The fourth-order valence-corrected chi connectivity index (χ4v) is 3.71. The number of aromatic nitrogens is 4. The van der Waals surface area contributed by atoms with Crippen LogP contribution in [0.5, 0.6) is 5.75 Å². The summed E-state index contributed by atoms with van der Waals surface area (Å²) in [6.07, 6.45) is 2.65. The number of carbonyl (C=O) groups excluding carboxylic acids is 1. The molecule has 2 heterocycles. The quantitative estimate of drug-likeness (QED) is 0.214. The molecule has 0 atom stereocenters. The number of nitrogens with zero attached hydrogens (tertiary/aromatic N) is 6. The summed E-state index contributed by atoms with van der Waals surface area (Å²) in [4.78, 5) is 20.9. The SMILES string of the molecule is O=C(Cc1ccc2ncccc2c1)N(c1ncc(-c2ccc(OCc3ccccc3)cc2)nn1)N(F)F. The molecule has 0 unspecified atom stereocenters. The van der Waals surface area contributed by atoms with Crippen molar-refractivity contribution in [2.75, 3.05) is 5.01 Å². The number of hydrogen-bond acceptors (Lipinski definition) is 7. The Hall–Kier alpha value is -4.83. The molecule has 0 saturated heterocycles. The molecule has 2 aromatic heterocycles.